The fraction of sp³-hybridized carbons (Fsp3) is 0.409. The van der Waals surface area contributed by atoms with Crippen molar-refractivity contribution in [1.82, 2.24) is 4.31 Å². The number of rotatable bonds is 4. The summed E-state index contributed by atoms with van der Waals surface area (Å²) in [6, 6.07) is 11.2. The van der Waals surface area contributed by atoms with Gasteiger partial charge >= 0.3 is 0 Å². The van der Waals surface area contributed by atoms with Crippen molar-refractivity contribution in [2.24, 2.45) is 5.92 Å². The minimum Gasteiger partial charge on any atom is -0.326 e. The lowest BCUT2D eigenvalue weighted by Gasteiger charge is -2.31. The van der Waals surface area contributed by atoms with Crippen LogP contribution >= 0.6 is 0 Å². The lowest BCUT2D eigenvalue weighted by atomic mass is 9.97. The number of benzene rings is 2. The van der Waals surface area contributed by atoms with Gasteiger partial charge in [0.1, 0.15) is 0 Å². The number of piperidine rings is 1. The average molecular weight is 401 g/mol. The normalized spacial score (nSPS) is 16.1. The third-order valence-electron chi connectivity index (χ3n) is 5.55. The summed E-state index contributed by atoms with van der Waals surface area (Å²) in [6.45, 7) is 8.54. The van der Waals surface area contributed by atoms with Gasteiger partial charge < -0.3 is 5.32 Å². The summed E-state index contributed by atoms with van der Waals surface area (Å²) in [6.07, 6.45) is 1.06. The van der Waals surface area contributed by atoms with Gasteiger partial charge in [-0.15, -0.1) is 0 Å². The van der Waals surface area contributed by atoms with Gasteiger partial charge in [-0.25, -0.2) is 8.42 Å². The zero-order valence-electron chi connectivity index (χ0n) is 17.0. The van der Waals surface area contributed by atoms with Gasteiger partial charge in [0.15, 0.2) is 0 Å². The van der Waals surface area contributed by atoms with Crippen molar-refractivity contribution in [2.45, 2.75) is 45.4 Å². The molecule has 150 valence electrons. The average Bonchev–Trinajstić information content (AvgIpc) is 2.64. The van der Waals surface area contributed by atoms with Crippen LogP contribution in [0.3, 0.4) is 0 Å². The first-order valence-corrected chi connectivity index (χ1v) is 11.1. The molecule has 1 amide bonds. The van der Waals surface area contributed by atoms with Crippen molar-refractivity contribution >= 4 is 21.6 Å². The van der Waals surface area contributed by atoms with E-state index >= 15 is 0 Å². The molecule has 2 aromatic carbocycles. The highest BCUT2D eigenvalue weighted by Gasteiger charge is 2.32. The van der Waals surface area contributed by atoms with E-state index in [4.69, 9.17) is 0 Å². The van der Waals surface area contributed by atoms with E-state index in [0.717, 1.165) is 22.4 Å². The number of carbonyl (C=O) groups excluding carboxylic acids is 1. The molecule has 5 nitrogen and oxygen atoms in total. The van der Waals surface area contributed by atoms with E-state index in [0.29, 0.717) is 30.8 Å². The minimum atomic E-state index is -3.53. The quantitative estimate of drug-likeness (QED) is 0.845. The Morgan fingerprint density at radius 1 is 0.929 bits per heavy atom. The Balaban J connectivity index is 1.64. The lowest BCUT2D eigenvalue weighted by molar-refractivity contribution is -0.120. The topological polar surface area (TPSA) is 66.5 Å². The second-order valence-electron chi connectivity index (χ2n) is 7.74. The predicted octanol–water partition coefficient (Wildman–Crippen LogP) is 3.96. The molecule has 0 spiro atoms. The van der Waals surface area contributed by atoms with Crippen LogP contribution in [0.15, 0.2) is 41.3 Å². The van der Waals surface area contributed by atoms with Crippen LogP contribution in [0.4, 0.5) is 5.69 Å². The van der Waals surface area contributed by atoms with Crippen LogP contribution in [-0.4, -0.2) is 31.7 Å². The van der Waals surface area contributed by atoms with Crippen LogP contribution in [0.5, 0.6) is 0 Å². The molecule has 3 rings (SSSR count). The highest BCUT2D eigenvalue weighted by molar-refractivity contribution is 7.89. The van der Waals surface area contributed by atoms with E-state index in [1.807, 2.05) is 58.0 Å². The molecule has 0 bridgehead atoms. The SMILES string of the molecule is Cc1ccc(S(=O)(=O)N2CCC(C(=O)Nc3ccc(C)c(C)c3)CC2)c(C)c1. The molecule has 1 N–H and O–H groups in total. The van der Waals surface area contributed by atoms with Crippen LogP contribution < -0.4 is 5.32 Å². The summed E-state index contributed by atoms with van der Waals surface area (Å²) in [5, 5.41) is 2.97. The molecular formula is C22H28N2O3S. The standard InChI is InChI=1S/C22H28N2O3S/c1-15-5-8-21(18(4)13-15)28(26,27)24-11-9-19(10-12-24)22(25)23-20-7-6-16(2)17(3)14-20/h5-8,13-14,19H,9-12H2,1-4H3,(H,23,25). The second-order valence-corrected chi connectivity index (χ2v) is 9.64. The summed E-state index contributed by atoms with van der Waals surface area (Å²) in [7, 11) is -3.53. The van der Waals surface area contributed by atoms with E-state index in [2.05, 4.69) is 5.32 Å². The molecule has 2 aromatic rings. The van der Waals surface area contributed by atoms with Crippen molar-refractivity contribution in [1.29, 1.82) is 0 Å². The zero-order chi connectivity index (χ0) is 20.5. The first-order chi connectivity index (χ1) is 13.2. The molecule has 1 saturated heterocycles. The minimum absolute atomic E-state index is 0.0354. The van der Waals surface area contributed by atoms with Crippen LogP contribution in [0.1, 0.15) is 35.1 Å². The van der Waals surface area contributed by atoms with Gasteiger partial charge in [0, 0.05) is 24.7 Å². The molecule has 0 radical (unpaired) electrons. The summed E-state index contributed by atoms with van der Waals surface area (Å²) in [4.78, 5) is 13.0. The van der Waals surface area contributed by atoms with Crippen LogP contribution in [0.25, 0.3) is 0 Å². The van der Waals surface area contributed by atoms with Gasteiger partial charge in [0.25, 0.3) is 0 Å². The van der Waals surface area contributed by atoms with Crippen LogP contribution in [0, 0.1) is 33.6 Å². The Bertz CT molecular complexity index is 991. The van der Waals surface area contributed by atoms with Crippen molar-refractivity contribution in [3.05, 3.63) is 58.7 Å². The molecule has 1 fully saturated rings. The molecule has 0 aromatic heterocycles. The molecule has 28 heavy (non-hydrogen) atoms. The maximum absolute atomic E-state index is 13.0. The number of aryl methyl sites for hydroxylation is 4. The number of hydrogen-bond donors (Lipinski definition) is 1. The molecule has 0 saturated carbocycles. The molecular weight excluding hydrogens is 372 g/mol. The van der Waals surface area contributed by atoms with Crippen molar-refractivity contribution in [2.75, 3.05) is 18.4 Å². The molecule has 1 aliphatic heterocycles. The number of sulfonamides is 1. The number of anilines is 1. The summed E-state index contributed by atoms with van der Waals surface area (Å²) in [5.41, 5.74) is 4.90. The number of carbonyl (C=O) groups is 1. The molecule has 1 heterocycles. The Morgan fingerprint density at radius 2 is 1.61 bits per heavy atom. The van der Waals surface area contributed by atoms with E-state index < -0.39 is 10.0 Å². The first kappa shape index (κ1) is 20.6. The fourth-order valence-electron chi connectivity index (χ4n) is 3.65. The number of nitrogens with one attached hydrogen (secondary N) is 1. The van der Waals surface area contributed by atoms with Gasteiger partial charge in [-0.05, 0) is 75.4 Å². The van der Waals surface area contributed by atoms with Crippen molar-refractivity contribution in [3.63, 3.8) is 0 Å². The molecule has 0 atom stereocenters. The third kappa shape index (κ3) is 4.28. The maximum Gasteiger partial charge on any atom is 0.243 e. The monoisotopic (exact) mass is 400 g/mol. The van der Waals surface area contributed by atoms with Gasteiger partial charge in [-0.2, -0.15) is 4.31 Å². The first-order valence-electron chi connectivity index (χ1n) is 9.64. The summed E-state index contributed by atoms with van der Waals surface area (Å²) < 4.78 is 27.5. The van der Waals surface area contributed by atoms with Crippen LogP contribution in [0.2, 0.25) is 0 Å². The summed E-state index contributed by atoms with van der Waals surface area (Å²) in [5.74, 6) is -0.209. The number of amides is 1. The molecule has 6 heteroatoms. The largest absolute Gasteiger partial charge is 0.326 e. The van der Waals surface area contributed by atoms with E-state index in [1.54, 1.807) is 6.07 Å². The van der Waals surface area contributed by atoms with E-state index in [-0.39, 0.29) is 11.8 Å². The highest BCUT2D eigenvalue weighted by atomic mass is 32.2. The number of hydrogen-bond acceptors (Lipinski definition) is 3. The Kier molecular flexibility index (Phi) is 5.91. The van der Waals surface area contributed by atoms with Gasteiger partial charge in [0.05, 0.1) is 4.90 Å². The summed E-state index contributed by atoms with van der Waals surface area (Å²) >= 11 is 0. The van der Waals surface area contributed by atoms with E-state index in [1.165, 1.54) is 9.87 Å². The van der Waals surface area contributed by atoms with Gasteiger partial charge in [-0.3, -0.25) is 4.79 Å². The molecule has 0 aliphatic carbocycles. The highest BCUT2D eigenvalue weighted by Crippen LogP contribution is 2.27. The van der Waals surface area contributed by atoms with Crippen LogP contribution in [-0.2, 0) is 14.8 Å². The Hall–Kier alpha value is -2.18. The zero-order valence-corrected chi connectivity index (χ0v) is 17.8. The van der Waals surface area contributed by atoms with Gasteiger partial charge in [-0.1, -0.05) is 23.8 Å². The Labute approximate surface area is 167 Å². The fourth-order valence-corrected chi connectivity index (χ4v) is 5.33. The smallest absolute Gasteiger partial charge is 0.243 e. The second kappa shape index (κ2) is 8.05. The third-order valence-corrected chi connectivity index (χ3v) is 7.61. The lowest BCUT2D eigenvalue weighted by Crippen LogP contribution is -2.41. The van der Waals surface area contributed by atoms with Crippen molar-refractivity contribution in [3.8, 4) is 0 Å². The number of nitrogens with zero attached hydrogens (tertiary/aromatic N) is 1. The van der Waals surface area contributed by atoms with Crippen molar-refractivity contribution < 1.29 is 13.2 Å². The predicted molar refractivity (Wildman–Crippen MR) is 112 cm³/mol. The van der Waals surface area contributed by atoms with Gasteiger partial charge in [0.2, 0.25) is 15.9 Å². The maximum atomic E-state index is 13.0. The Morgan fingerprint density at radius 3 is 2.21 bits per heavy atom. The molecule has 1 aliphatic rings. The molecule has 0 unspecified atom stereocenters. The van der Waals surface area contributed by atoms with E-state index in [9.17, 15) is 13.2 Å².